The Labute approximate surface area is 131 Å². The van der Waals surface area contributed by atoms with Crippen LogP contribution in [0.5, 0.6) is 0 Å². The molecular weight excluding hydrogens is 334 g/mol. The zero-order valence-electron chi connectivity index (χ0n) is 11.4. The van der Waals surface area contributed by atoms with E-state index in [1.54, 1.807) is 12.1 Å². The lowest BCUT2D eigenvalue weighted by Gasteiger charge is -2.29. The molecule has 1 aromatic carbocycles. The molecule has 21 heavy (non-hydrogen) atoms. The van der Waals surface area contributed by atoms with Crippen LogP contribution >= 0.6 is 15.9 Å². The van der Waals surface area contributed by atoms with E-state index in [0.29, 0.717) is 4.67 Å². The highest BCUT2D eigenvalue weighted by atomic mass is 79.9. The van der Waals surface area contributed by atoms with Crippen molar-refractivity contribution in [3.8, 4) is 0 Å². The molecule has 5 heteroatoms. The van der Waals surface area contributed by atoms with Crippen molar-refractivity contribution in [3.05, 3.63) is 58.5 Å². The number of aliphatic hydroxyl groups is 1. The third kappa shape index (κ3) is 3.04. The Balaban J connectivity index is 1.73. The van der Waals surface area contributed by atoms with Gasteiger partial charge in [-0.2, -0.15) is 0 Å². The van der Waals surface area contributed by atoms with Gasteiger partial charge in [-0.05, 0) is 52.4 Å². The van der Waals surface area contributed by atoms with E-state index in [2.05, 4.69) is 21.2 Å². The second kappa shape index (κ2) is 5.66. The zero-order valence-corrected chi connectivity index (χ0v) is 13.0. The van der Waals surface area contributed by atoms with Gasteiger partial charge in [-0.3, -0.25) is 4.79 Å². The summed E-state index contributed by atoms with van der Waals surface area (Å²) in [5, 5.41) is 13.7. The third-order valence-corrected chi connectivity index (χ3v) is 4.27. The van der Waals surface area contributed by atoms with Gasteiger partial charge in [0, 0.05) is 0 Å². The summed E-state index contributed by atoms with van der Waals surface area (Å²) in [6, 6.07) is 12.8. The Kier molecular flexibility index (Phi) is 3.87. The van der Waals surface area contributed by atoms with Crippen molar-refractivity contribution in [2.24, 2.45) is 5.92 Å². The van der Waals surface area contributed by atoms with Crippen LogP contribution in [0.25, 0.3) is 0 Å². The molecule has 1 fully saturated rings. The number of nitrogens with one attached hydrogen (secondary N) is 1. The molecular formula is C16H16BrNO3. The molecule has 0 bridgehead atoms. The molecule has 1 aliphatic carbocycles. The lowest BCUT2D eigenvalue weighted by molar-refractivity contribution is 0.0132. The zero-order chi connectivity index (χ0) is 14.9. The Morgan fingerprint density at radius 3 is 2.57 bits per heavy atom. The van der Waals surface area contributed by atoms with Crippen LogP contribution in [-0.2, 0) is 5.60 Å². The SMILES string of the molecule is O=C(NC[C@](O)(c1ccccc1)C1CC1)c1ccc(Br)o1. The predicted molar refractivity (Wildman–Crippen MR) is 81.8 cm³/mol. The molecule has 0 unspecified atom stereocenters. The fraction of sp³-hybridized carbons (Fsp3) is 0.312. The van der Waals surface area contributed by atoms with Crippen molar-refractivity contribution >= 4 is 21.8 Å². The van der Waals surface area contributed by atoms with E-state index in [4.69, 9.17) is 4.42 Å². The van der Waals surface area contributed by atoms with Crippen molar-refractivity contribution in [1.82, 2.24) is 5.32 Å². The Morgan fingerprint density at radius 2 is 2.00 bits per heavy atom. The normalized spacial score (nSPS) is 17.2. The number of hydrogen-bond donors (Lipinski definition) is 2. The highest BCUT2D eigenvalue weighted by molar-refractivity contribution is 9.10. The molecule has 1 atom stereocenters. The van der Waals surface area contributed by atoms with E-state index >= 15 is 0 Å². The largest absolute Gasteiger partial charge is 0.444 e. The number of hydrogen-bond acceptors (Lipinski definition) is 3. The first kappa shape index (κ1) is 14.4. The van der Waals surface area contributed by atoms with Gasteiger partial charge in [-0.1, -0.05) is 30.3 Å². The van der Waals surface area contributed by atoms with E-state index in [-0.39, 0.29) is 24.1 Å². The van der Waals surface area contributed by atoms with E-state index in [1.165, 1.54) is 0 Å². The maximum Gasteiger partial charge on any atom is 0.287 e. The molecule has 110 valence electrons. The summed E-state index contributed by atoms with van der Waals surface area (Å²) in [7, 11) is 0. The molecule has 2 aromatic rings. The highest BCUT2D eigenvalue weighted by Crippen LogP contribution is 2.45. The fourth-order valence-electron chi connectivity index (χ4n) is 2.51. The maximum atomic E-state index is 12.0. The Bertz CT molecular complexity index is 636. The first-order valence-corrected chi connectivity index (χ1v) is 7.70. The van der Waals surface area contributed by atoms with Crippen LogP contribution < -0.4 is 5.32 Å². The van der Waals surface area contributed by atoms with Gasteiger partial charge in [-0.25, -0.2) is 0 Å². The molecule has 1 aliphatic rings. The molecule has 0 spiro atoms. The van der Waals surface area contributed by atoms with E-state index in [9.17, 15) is 9.90 Å². The summed E-state index contributed by atoms with van der Waals surface area (Å²) in [6.07, 6.45) is 1.96. The highest BCUT2D eigenvalue weighted by Gasteiger charge is 2.45. The standard InChI is InChI=1S/C16H16BrNO3/c17-14-9-8-13(21-14)15(19)18-10-16(20,12-6-7-12)11-4-2-1-3-5-11/h1-5,8-9,12,20H,6-7,10H2,(H,18,19)/t16-/m0/s1. The van der Waals surface area contributed by atoms with Gasteiger partial charge < -0.3 is 14.8 Å². The maximum absolute atomic E-state index is 12.0. The van der Waals surface area contributed by atoms with Crippen molar-refractivity contribution in [3.63, 3.8) is 0 Å². The number of carbonyl (C=O) groups is 1. The van der Waals surface area contributed by atoms with Gasteiger partial charge in [-0.15, -0.1) is 0 Å². The summed E-state index contributed by atoms with van der Waals surface area (Å²) >= 11 is 3.16. The van der Waals surface area contributed by atoms with Crippen molar-refractivity contribution in [2.75, 3.05) is 6.54 Å². The van der Waals surface area contributed by atoms with Gasteiger partial charge in [0.2, 0.25) is 0 Å². The molecule has 4 nitrogen and oxygen atoms in total. The minimum absolute atomic E-state index is 0.179. The number of carbonyl (C=O) groups excluding carboxylic acids is 1. The summed E-state index contributed by atoms with van der Waals surface area (Å²) in [4.78, 5) is 12.0. The number of amides is 1. The lowest BCUT2D eigenvalue weighted by atomic mass is 9.88. The summed E-state index contributed by atoms with van der Waals surface area (Å²) in [5.41, 5.74) is -0.172. The topological polar surface area (TPSA) is 62.5 Å². The number of furan rings is 1. The first-order chi connectivity index (χ1) is 10.1. The predicted octanol–water partition coefficient (Wildman–Crippen LogP) is 3.07. The molecule has 0 radical (unpaired) electrons. The Morgan fingerprint density at radius 1 is 1.29 bits per heavy atom. The van der Waals surface area contributed by atoms with Gasteiger partial charge in [0.1, 0.15) is 5.60 Å². The second-order valence-electron chi connectivity index (χ2n) is 5.35. The first-order valence-electron chi connectivity index (χ1n) is 6.91. The molecule has 0 aliphatic heterocycles. The van der Waals surface area contributed by atoms with Gasteiger partial charge in [0.05, 0.1) is 6.54 Å². The quantitative estimate of drug-likeness (QED) is 0.871. The summed E-state index contributed by atoms with van der Waals surface area (Å²) in [6.45, 7) is 0.179. The van der Waals surface area contributed by atoms with Gasteiger partial charge in [0.15, 0.2) is 10.4 Å². The van der Waals surface area contributed by atoms with Crippen LogP contribution in [0.3, 0.4) is 0 Å². The summed E-state index contributed by atoms with van der Waals surface area (Å²) < 4.78 is 5.72. The number of halogens is 1. The number of benzene rings is 1. The van der Waals surface area contributed by atoms with Crippen molar-refractivity contribution < 1.29 is 14.3 Å². The third-order valence-electron chi connectivity index (χ3n) is 3.84. The second-order valence-corrected chi connectivity index (χ2v) is 6.13. The van der Waals surface area contributed by atoms with Crippen LogP contribution in [0.15, 0.2) is 51.6 Å². The van der Waals surface area contributed by atoms with Crippen LogP contribution in [0.1, 0.15) is 29.0 Å². The van der Waals surface area contributed by atoms with Crippen LogP contribution in [0.4, 0.5) is 0 Å². The van der Waals surface area contributed by atoms with E-state index < -0.39 is 5.60 Å². The van der Waals surface area contributed by atoms with Crippen LogP contribution in [0, 0.1) is 5.92 Å². The van der Waals surface area contributed by atoms with Crippen molar-refractivity contribution in [1.29, 1.82) is 0 Å². The summed E-state index contributed by atoms with van der Waals surface area (Å²) in [5.74, 6) is 0.104. The lowest BCUT2D eigenvalue weighted by Crippen LogP contribution is -2.42. The van der Waals surface area contributed by atoms with Crippen LogP contribution in [0.2, 0.25) is 0 Å². The fourth-order valence-corrected chi connectivity index (χ4v) is 2.81. The van der Waals surface area contributed by atoms with Gasteiger partial charge in [0.25, 0.3) is 5.91 Å². The molecule has 1 saturated carbocycles. The molecule has 2 N–H and O–H groups in total. The molecule has 0 saturated heterocycles. The number of rotatable bonds is 5. The monoisotopic (exact) mass is 349 g/mol. The van der Waals surface area contributed by atoms with E-state index in [1.807, 2.05) is 30.3 Å². The average Bonchev–Trinajstić information content (AvgIpc) is 3.28. The smallest absolute Gasteiger partial charge is 0.287 e. The molecule has 3 rings (SSSR count). The van der Waals surface area contributed by atoms with Crippen molar-refractivity contribution in [2.45, 2.75) is 18.4 Å². The van der Waals surface area contributed by atoms with E-state index in [0.717, 1.165) is 18.4 Å². The molecule has 1 heterocycles. The minimum Gasteiger partial charge on any atom is -0.444 e. The van der Waals surface area contributed by atoms with Gasteiger partial charge >= 0.3 is 0 Å². The molecule has 1 aromatic heterocycles. The minimum atomic E-state index is -1.01. The molecule has 1 amide bonds. The Hall–Kier alpha value is -1.59. The average molecular weight is 350 g/mol. The van der Waals surface area contributed by atoms with Crippen LogP contribution in [-0.4, -0.2) is 17.6 Å².